The van der Waals surface area contributed by atoms with Gasteiger partial charge < -0.3 is 10.6 Å². The Balaban J connectivity index is 2.52. The first-order chi connectivity index (χ1) is 8.02. The minimum atomic E-state index is 0.479. The third-order valence-corrected chi connectivity index (χ3v) is 3.49. The normalized spacial score (nSPS) is 15.6. The lowest BCUT2D eigenvalue weighted by Crippen LogP contribution is -2.34. The van der Waals surface area contributed by atoms with Crippen LogP contribution in [0.4, 0.5) is 5.69 Å². The van der Waals surface area contributed by atoms with E-state index in [1.165, 1.54) is 11.1 Å². The van der Waals surface area contributed by atoms with E-state index in [-0.39, 0.29) is 0 Å². The van der Waals surface area contributed by atoms with Crippen LogP contribution >= 0.6 is 11.6 Å². The van der Waals surface area contributed by atoms with Crippen molar-refractivity contribution in [3.8, 4) is 0 Å². The van der Waals surface area contributed by atoms with Crippen LogP contribution < -0.4 is 10.6 Å². The van der Waals surface area contributed by atoms with Crippen LogP contribution in [0.3, 0.4) is 0 Å². The molecule has 0 bridgehead atoms. The highest BCUT2D eigenvalue weighted by Crippen LogP contribution is 2.35. The largest absolute Gasteiger partial charge is 0.370 e. The van der Waals surface area contributed by atoms with E-state index in [0.29, 0.717) is 11.9 Å². The van der Waals surface area contributed by atoms with Crippen molar-refractivity contribution in [1.29, 1.82) is 0 Å². The van der Waals surface area contributed by atoms with E-state index in [4.69, 9.17) is 17.3 Å². The number of rotatable bonds is 2. The summed E-state index contributed by atoms with van der Waals surface area (Å²) in [5, 5.41) is 0.743. The molecule has 0 aromatic heterocycles. The maximum atomic E-state index is 6.30. The second-order valence-corrected chi connectivity index (χ2v) is 5.06. The smallest absolute Gasteiger partial charge is 0.196 e. The van der Waals surface area contributed by atoms with E-state index in [9.17, 15) is 0 Å². The second kappa shape index (κ2) is 4.57. The molecule has 1 heterocycles. The van der Waals surface area contributed by atoms with Gasteiger partial charge in [-0.25, -0.2) is 0 Å². The number of benzene rings is 1. The molecule has 3 nitrogen and oxygen atoms in total. The average molecular weight is 252 g/mol. The molecule has 0 spiro atoms. The Labute approximate surface area is 107 Å². The maximum absolute atomic E-state index is 6.30. The lowest BCUT2D eigenvalue weighted by atomic mass is 9.96. The highest BCUT2D eigenvalue weighted by molar-refractivity contribution is 6.34. The van der Waals surface area contributed by atoms with Crippen LogP contribution in [0.25, 0.3) is 0 Å². The Hall–Kier alpha value is -1.22. The molecular formula is C13H18ClN3. The number of anilines is 1. The van der Waals surface area contributed by atoms with Crippen molar-refractivity contribution in [2.45, 2.75) is 26.7 Å². The highest BCUT2D eigenvalue weighted by Gasteiger charge is 2.22. The Morgan fingerprint density at radius 2 is 2.12 bits per heavy atom. The molecule has 17 heavy (non-hydrogen) atoms. The van der Waals surface area contributed by atoms with E-state index in [0.717, 1.165) is 23.8 Å². The van der Waals surface area contributed by atoms with Crippen LogP contribution in [0.5, 0.6) is 0 Å². The minimum absolute atomic E-state index is 0.479. The van der Waals surface area contributed by atoms with E-state index >= 15 is 0 Å². The van der Waals surface area contributed by atoms with Crippen LogP contribution in [0.2, 0.25) is 5.02 Å². The molecule has 0 saturated carbocycles. The summed E-state index contributed by atoms with van der Waals surface area (Å²) >= 11 is 6.30. The maximum Gasteiger partial charge on any atom is 0.196 e. The first-order valence-electron chi connectivity index (χ1n) is 5.88. The summed E-state index contributed by atoms with van der Waals surface area (Å²) in [4.78, 5) is 6.22. The number of nitrogens with two attached hydrogens (primary N) is 1. The molecule has 1 aromatic carbocycles. The lowest BCUT2D eigenvalue weighted by molar-refractivity contribution is 0.854. The quantitative estimate of drug-likeness (QED) is 0.878. The van der Waals surface area contributed by atoms with Crippen molar-refractivity contribution in [2.75, 3.05) is 18.0 Å². The monoisotopic (exact) mass is 251 g/mol. The zero-order valence-electron chi connectivity index (χ0n) is 10.5. The molecule has 2 N–H and O–H groups in total. The topological polar surface area (TPSA) is 41.6 Å². The van der Waals surface area contributed by atoms with Gasteiger partial charge in [0.25, 0.3) is 0 Å². The van der Waals surface area contributed by atoms with E-state index < -0.39 is 0 Å². The number of halogens is 1. The van der Waals surface area contributed by atoms with Gasteiger partial charge in [-0.15, -0.1) is 0 Å². The fourth-order valence-corrected chi connectivity index (χ4v) is 2.64. The molecule has 0 unspecified atom stereocenters. The molecule has 2 rings (SSSR count). The van der Waals surface area contributed by atoms with Crippen molar-refractivity contribution in [3.63, 3.8) is 0 Å². The molecule has 0 atom stereocenters. The molecule has 0 radical (unpaired) electrons. The summed E-state index contributed by atoms with van der Waals surface area (Å²) in [5.41, 5.74) is 9.41. The predicted molar refractivity (Wildman–Crippen MR) is 74.1 cm³/mol. The number of nitrogens with zero attached hydrogens (tertiary/aromatic N) is 2. The van der Waals surface area contributed by atoms with Gasteiger partial charge in [-0.1, -0.05) is 31.5 Å². The van der Waals surface area contributed by atoms with Crippen molar-refractivity contribution < 1.29 is 0 Å². The third-order valence-electron chi connectivity index (χ3n) is 3.19. The summed E-state index contributed by atoms with van der Waals surface area (Å²) in [6.07, 6.45) is 0. The Kier molecular flexibility index (Phi) is 3.29. The SMILES string of the molecule is Cc1c(C(C)C)ccc(Cl)c1N1CCN=C1N. The summed E-state index contributed by atoms with van der Waals surface area (Å²) in [6.45, 7) is 8.02. The summed E-state index contributed by atoms with van der Waals surface area (Å²) < 4.78 is 0. The Morgan fingerprint density at radius 3 is 2.65 bits per heavy atom. The average Bonchev–Trinajstić information content (AvgIpc) is 2.64. The van der Waals surface area contributed by atoms with E-state index in [2.05, 4.69) is 31.8 Å². The first-order valence-corrected chi connectivity index (χ1v) is 6.26. The summed E-state index contributed by atoms with van der Waals surface area (Å²) in [7, 11) is 0. The molecule has 0 saturated heterocycles. The third kappa shape index (κ3) is 2.12. The van der Waals surface area contributed by atoms with Crippen molar-refractivity contribution >= 4 is 23.2 Å². The van der Waals surface area contributed by atoms with Crippen LogP contribution in [0.1, 0.15) is 30.9 Å². The van der Waals surface area contributed by atoms with Crippen LogP contribution in [0, 0.1) is 6.92 Å². The highest BCUT2D eigenvalue weighted by atomic mass is 35.5. The zero-order valence-corrected chi connectivity index (χ0v) is 11.3. The number of guanidine groups is 1. The Morgan fingerprint density at radius 1 is 1.41 bits per heavy atom. The Bertz CT molecular complexity index is 466. The molecule has 0 aliphatic carbocycles. The van der Waals surface area contributed by atoms with Gasteiger partial charge in [0.1, 0.15) is 0 Å². The molecule has 4 heteroatoms. The lowest BCUT2D eigenvalue weighted by Gasteiger charge is -2.24. The van der Waals surface area contributed by atoms with Gasteiger partial charge in [0.15, 0.2) is 5.96 Å². The predicted octanol–water partition coefficient (Wildman–Crippen LogP) is 2.91. The summed E-state index contributed by atoms with van der Waals surface area (Å²) in [6, 6.07) is 4.04. The summed E-state index contributed by atoms with van der Waals surface area (Å²) in [5.74, 6) is 1.04. The molecule has 1 aromatic rings. The molecule has 92 valence electrons. The zero-order chi connectivity index (χ0) is 12.6. The molecule has 1 aliphatic rings. The van der Waals surface area contributed by atoms with Crippen molar-refractivity contribution in [2.24, 2.45) is 10.7 Å². The van der Waals surface area contributed by atoms with E-state index in [1.807, 2.05) is 11.0 Å². The molecule has 0 amide bonds. The van der Waals surface area contributed by atoms with Gasteiger partial charge >= 0.3 is 0 Å². The van der Waals surface area contributed by atoms with Crippen LogP contribution in [0.15, 0.2) is 17.1 Å². The van der Waals surface area contributed by atoms with Gasteiger partial charge in [-0.3, -0.25) is 4.99 Å². The van der Waals surface area contributed by atoms with Crippen molar-refractivity contribution in [1.82, 2.24) is 0 Å². The van der Waals surface area contributed by atoms with Crippen molar-refractivity contribution in [3.05, 3.63) is 28.3 Å². The first kappa shape index (κ1) is 12.2. The van der Waals surface area contributed by atoms with Gasteiger partial charge in [-0.05, 0) is 30.0 Å². The molecule has 1 aliphatic heterocycles. The van der Waals surface area contributed by atoms with Gasteiger partial charge in [-0.2, -0.15) is 0 Å². The minimum Gasteiger partial charge on any atom is -0.370 e. The number of aliphatic imine (C=N–C) groups is 1. The van der Waals surface area contributed by atoms with Gasteiger partial charge in [0.2, 0.25) is 0 Å². The van der Waals surface area contributed by atoms with Gasteiger partial charge in [0, 0.05) is 6.54 Å². The van der Waals surface area contributed by atoms with Crippen LogP contribution in [-0.4, -0.2) is 19.0 Å². The standard InChI is InChI=1S/C13H18ClN3/c1-8(2)10-4-5-11(14)12(9(10)3)17-7-6-16-13(17)15/h4-5,8H,6-7H2,1-3H3,(H2,15,16). The van der Waals surface area contributed by atoms with Gasteiger partial charge in [0.05, 0.1) is 17.3 Å². The number of hydrogen-bond donors (Lipinski definition) is 1. The van der Waals surface area contributed by atoms with Crippen LogP contribution in [-0.2, 0) is 0 Å². The number of hydrogen-bond acceptors (Lipinski definition) is 3. The van der Waals surface area contributed by atoms with E-state index in [1.54, 1.807) is 0 Å². The molecular weight excluding hydrogens is 234 g/mol. The molecule has 0 fully saturated rings. The fourth-order valence-electron chi connectivity index (χ4n) is 2.33. The fraction of sp³-hybridized carbons (Fsp3) is 0.462. The second-order valence-electron chi connectivity index (χ2n) is 4.66.